The maximum atomic E-state index is 12.6. The number of benzene rings is 2. The van der Waals surface area contributed by atoms with Crippen LogP contribution in [0.4, 0.5) is 11.4 Å². The van der Waals surface area contributed by atoms with Crippen molar-refractivity contribution in [3.63, 3.8) is 0 Å². The normalized spacial score (nSPS) is 14.7. The van der Waals surface area contributed by atoms with Gasteiger partial charge < -0.3 is 5.32 Å². The van der Waals surface area contributed by atoms with Gasteiger partial charge >= 0.3 is 0 Å². The number of nitrogens with zero attached hydrogens (tertiary/aromatic N) is 1. The molecule has 0 unspecified atom stereocenters. The van der Waals surface area contributed by atoms with Crippen LogP contribution in [0.15, 0.2) is 59.3 Å². The van der Waals surface area contributed by atoms with Crippen molar-refractivity contribution in [3.8, 4) is 0 Å². The van der Waals surface area contributed by atoms with E-state index in [1.54, 1.807) is 36.4 Å². The maximum Gasteiger partial charge on any atom is 0.283 e. The van der Waals surface area contributed by atoms with Crippen LogP contribution in [0.25, 0.3) is 0 Å². The Bertz CT molecular complexity index is 846. The summed E-state index contributed by atoms with van der Waals surface area (Å²) in [5, 5.41) is 3.25. The highest BCUT2D eigenvalue weighted by molar-refractivity contribution is 6.53. The lowest BCUT2D eigenvalue weighted by molar-refractivity contribution is -0.120. The molecule has 0 saturated heterocycles. The Balaban J connectivity index is 1.95. The van der Waals surface area contributed by atoms with Crippen molar-refractivity contribution in [2.75, 3.05) is 10.2 Å². The van der Waals surface area contributed by atoms with Crippen LogP contribution < -0.4 is 10.2 Å². The highest BCUT2D eigenvalue weighted by Gasteiger charge is 2.39. The Kier molecular flexibility index (Phi) is 4.11. The molecule has 0 atom stereocenters. The Labute approximate surface area is 143 Å². The molecule has 6 heteroatoms. The van der Waals surface area contributed by atoms with Crippen LogP contribution >= 0.6 is 23.2 Å². The van der Waals surface area contributed by atoms with Crippen LogP contribution in [0, 0.1) is 6.92 Å². The molecular weight excluding hydrogens is 335 g/mol. The van der Waals surface area contributed by atoms with E-state index in [4.69, 9.17) is 23.2 Å². The zero-order valence-corrected chi connectivity index (χ0v) is 13.7. The average molecular weight is 347 g/mol. The summed E-state index contributed by atoms with van der Waals surface area (Å²) >= 11 is 12.0. The van der Waals surface area contributed by atoms with Gasteiger partial charge in [-0.25, -0.2) is 4.90 Å². The van der Waals surface area contributed by atoms with Crippen molar-refractivity contribution in [1.29, 1.82) is 0 Å². The third-order valence-electron chi connectivity index (χ3n) is 3.48. The monoisotopic (exact) mass is 346 g/mol. The second-order valence-electron chi connectivity index (χ2n) is 5.06. The molecule has 23 heavy (non-hydrogen) atoms. The number of rotatable bonds is 3. The number of nitrogens with one attached hydrogen (secondary N) is 1. The Morgan fingerprint density at radius 2 is 1.70 bits per heavy atom. The minimum Gasteiger partial charge on any atom is -0.350 e. The number of para-hydroxylation sites is 1. The standard InChI is InChI=1S/C17H12Cl2N2O2/c1-10-5-2-3-8-13(10)21-16(22)14(19)15(17(21)23)20-12-7-4-6-11(18)9-12/h2-9,20H,1H3. The number of hydrogen-bond donors (Lipinski definition) is 1. The van der Waals surface area contributed by atoms with Crippen LogP contribution in [0.5, 0.6) is 0 Å². The smallest absolute Gasteiger partial charge is 0.283 e. The molecule has 3 rings (SSSR count). The molecule has 1 heterocycles. The van der Waals surface area contributed by atoms with E-state index in [2.05, 4.69) is 5.32 Å². The number of halogens is 2. The van der Waals surface area contributed by atoms with E-state index in [1.165, 1.54) is 0 Å². The van der Waals surface area contributed by atoms with Crippen LogP contribution in [-0.2, 0) is 9.59 Å². The molecule has 0 saturated carbocycles. The number of aryl methyl sites for hydroxylation is 1. The molecular formula is C17H12Cl2N2O2. The van der Waals surface area contributed by atoms with E-state index in [9.17, 15) is 9.59 Å². The van der Waals surface area contributed by atoms with Crippen molar-refractivity contribution in [2.45, 2.75) is 6.92 Å². The van der Waals surface area contributed by atoms with Crippen molar-refractivity contribution in [1.82, 2.24) is 0 Å². The van der Waals surface area contributed by atoms with Crippen LogP contribution in [-0.4, -0.2) is 11.8 Å². The van der Waals surface area contributed by atoms with Crippen molar-refractivity contribution in [2.24, 2.45) is 0 Å². The minimum absolute atomic E-state index is 0.0437. The first kappa shape index (κ1) is 15.6. The van der Waals surface area contributed by atoms with Gasteiger partial charge in [0, 0.05) is 10.7 Å². The molecule has 2 amide bonds. The lowest BCUT2D eigenvalue weighted by atomic mass is 10.2. The van der Waals surface area contributed by atoms with Gasteiger partial charge in [0.2, 0.25) is 0 Å². The number of carbonyl (C=O) groups excluding carboxylic acids is 2. The largest absolute Gasteiger partial charge is 0.350 e. The Morgan fingerprint density at radius 3 is 2.39 bits per heavy atom. The number of imide groups is 1. The van der Waals surface area contributed by atoms with E-state index in [0.29, 0.717) is 16.4 Å². The molecule has 0 aromatic heterocycles. The van der Waals surface area contributed by atoms with Crippen molar-refractivity contribution in [3.05, 3.63) is 69.8 Å². The van der Waals surface area contributed by atoms with Gasteiger partial charge in [-0.1, -0.05) is 47.5 Å². The number of amides is 2. The van der Waals surface area contributed by atoms with E-state index in [1.807, 2.05) is 19.1 Å². The molecule has 0 bridgehead atoms. The molecule has 4 nitrogen and oxygen atoms in total. The van der Waals surface area contributed by atoms with E-state index < -0.39 is 11.8 Å². The van der Waals surface area contributed by atoms with Crippen molar-refractivity contribution >= 4 is 46.4 Å². The third kappa shape index (κ3) is 2.83. The zero-order chi connectivity index (χ0) is 16.6. The fourth-order valence-corrected chi connectivity index (χ4v) is 2.76. The second-order valence-corrected chi connectivity index (χ2v) is 5.87. The lowest BCUT2D eigenvalue weighted by Crippen LogP contribution is -2.32. The molecule has 0 aliphatic carbocycles. The fourth-order valence-electron chi connectivity index (χ4n) is 2.36. The molecule has 0 spiro atoms. The third-order valence-corrected chi connectivity index (χ3v) is 4.06. The van der Waals surface area contributed by atoms with Gasteiger partial charge in [0.15, 0.2) is 0 Å². The summed E-state index contributed by atoms with van der Waals surface area (Å²) in [6.45, 7) is 1.83. The van der Waals surface area contributed by atoms with E-state index in [0.717, 1.165) is 10.5 Å². The number of anilines is 2. The first-order valence-corrected chi connectivity index (χ1v) is 7.61. The predicted octanol–water partition coefficient (Wildman–Crippen LogP) is 4.08. The molecule has 1 N–H and O–H groups in total. The molecule has 2 aromatic rings. The number of hydrogen-bond acceptors (Lipinski definition) is 3. The topological polar surface area (TPSA) is 49.4 Å². The summed E-state index contributed by atoms with van der Waals surface area (Å²) in [6, 6.07) is 14.0. The molecule has 1 aliphatic heterocycles. The van der Waals surface area contributed by atoms with Gasteiger partial charge in [0.25, 0.3) is 11.8 Å². The molecule has 1 aliphatic rings. The van der Waals surface area contributed by atoms with E-state index in [-0.39, 0.29) is 10.7 Å². The quantitative estimate of drug-likeness (QED) is 0.851. The summed E-state index contributed by atoms with van der Waals surface area (Å²) in [4.78, 5) is 26.1. The molecule has 116 valence electrons. The van der Waals surface area contributed by atoms with Crippen molar-refractivity contribution < 1.29 is 9.59 Å². The first-order valence-electron chi connectivity index (χ1n) is 6.86. The fraction of sp³-hybridized carbons (Fsp3) is 0.0588. The second kappa shape index (κ2) is 6.07. The Hall–Kier alpha value is -2.30. The summed E-state index contributed by atoms with van der Waals surface area (Å²) in [7, 11) is 0. The zero-order valence-electron chi connectivity index (χ0n) is 12.1. The van der Waals surface area contributed by atoms with Gasteiger partial charge in [-0.3, -0.25) is 9.59 Å². The summed E-state index contributed by atoms with van der Waals surface area (Å²) in [5.41, 5.74) is 1.95. The highest BCUT2D eigenvalue weighted by Crippen LogP contribution is 2.32. The van der Waals surface area contributed by atoms with E-state index >= 15 is 0 Å². The van der Waals surface area contributed by atoms with Crippen LogP contribution in [0.1, 0.15) is 5.56 Å². The predicted molar refractivity (Wildman–Crippen MR) is 91.6 cm³/mol. The van der Waals surface area contributed by atoms with Gasteiger partial charge in [0.05, 0.1) is 5.69 Å². The lowest BCUT2D eigenvalue weighted by Gasteiger charge is -2.17. The summed E-state index contributed by atoms with van der Waals surface area (Å²) in [5.74, 6) is -1.04. The minimum atomic E-state index is -0.546. The average Bonchev–Trinajstić information content (AvgIpc) is 2.72. The SMILES string of the molecule is Cc1ccccc1N1C(=O)C(Cl)=C(Nc2cccc(Cl)c2)C1=O. The number of carbonyl (C=O) groups is 2. The van der Waals surface area contributed by atoms with Gasteiger partial charge in [0.1, 0.15) is 10.7 Å². The molecule has 0 fully saturated rings. The maximum absolute atomic E-state index is 12.6. The van der Waals surface area contributed by atoms with Crippen LogP contribution in [0.3, 0.4) is 0 Å². The van der Waals surface area contributed by atoms with Crippen LogP contribution in [0.2, 0.25) is 5.02 Å². The molecule has 0 radical (unpaired) electrons. The molecule has 2 aromatic carbocycles. The summed E-state index contributed by atoms with van der Waals surface area (Å²) < 4.78 is 0. The highest BCUT2D eigenvalue weighted by atomic mass is 35.5. The van der Waals surface area contributed by atoms with Gasteiger partial charge in [-0.15, -0.1) is 0 Å². The Morgan fingerprint density at radius 1 is 0.957 bits per heavy atom. The van der Waals surface area contributed by atoms with Gasteiger partial charge in [-0.05, 0) is 36.8 Å². The summed E-state index contributed by atoms with van der Waals surface area (Å²) in [6.07, 6.45) is 0. The first-order chi connectivity index (χ1) is 11.0. The van der Waals surface area contributed by atoms with Gasteiger partial charge in [-0.2, -0.15) is 0 Å².